The van der Waals surface area contributed by atoms with Crippen molar-refractivity contribution in [1.29, 1.82) is 0 Å². The molecule has 0 aliphatic carbocycles. The largest absolute Gasteiger partial charge is 0.338 e. The Morgan fingerprint density at radius 2 is 2.07 bits per heavy atom. The molecule has 3 amide bonds. The van der Waals surface area contributed by atoms with E-state index >= 15 is 0 Å². The lowest BCUT2D eigenvalue weighted by Gasteiger charge is -2.16. The first-order valence-electron chi connectivity index (χ1n) is 9.67. The van der Waals surface area contributed by atoms with Gasteiger partial charge in [-0.15, -0.1) is 0 Å². The number of hydrogen-bond acceptors (Lipinski definition) is 4. The van der Waals surface area contributed by atoms with E-state index in [0.29, 0.717) is 42.5 Å². The van der Waals surface area contributed by atoms with Crippen LogP contribution in [0.2, 0.25) is 5.02 Å². The van der Waals surface area contributed by atoms with Crippen molar-refractivity contribution < 1.29 is 9.59 Å². The molecule has 0 radical (unpaired) electrons. The zero-order valence-corrected chi connectivity index (χ0v) is 17.1. The van der Waals surface area contributed by atoms with E-state index in [1.165, 1.54) is 16.8 Å². The molecule has 0 saturated carbocycles. The summed E-state index contributed by atoms with van der Waals surface area (Å²) in [5.41, 5.74) is 1.35. The van der Waals surface area contributed by atoms with Crippen LogP contribution in [-0.4, -0.2) is 51.1 Å². The standard InChI is InChI=1S/C20H21ClN6O3/c1-2-22-20(30)26-8-7-12(11-26)16-9-17(28)27-18(25-16)15(10-23-27)19(29)24-14-5-3-13(21)4-6-14/h3-6,9-10,12,23H,2,7-8,11H2,1H3,(H,22,30)(H,24,29)/t12-/m0/s1. The molecule has 156 valence electrons. The third kappa shape index (κ3) is 3.88. The summed E-state index contributed by atoms with van der Waals surface area (Å²) in [4.78, 5) is 43.7. The minimum atomic E-state index is -0.393. The fraction of sp³-hybridized carbons (Fsp3) is 0.300. The number of likely N-dealkylation sites (tertiary alicyclic amines) is 1. The van der Waals surface area contributed by atoms with Crippen molar-refractivity contribution in [1.82, 2.24) is 24.8 Å². The van der Waals surface area contributed by atoms with Crippen molar-refractivity contribution in [3.8, 4) is 0 Å². The molecule has 9 nitrogen and oxygen atoms in total. The van der Waals surface area contributed by atoms with Crippen LogP contribution in [0.1, 0.15) is 35.3 Å². The first kappa shape index (κ1) is 20.0. The molecular weight excluding hydrogens is 408 g/mol. The summed E-state index contributed by atoms with van der Waals surface area (Å²) >= 11 is 5.88. The zero-order valence-electron chi connectivity index (χ0n) is 16.3. The topological polar surface area (TPSA) is 112 Å². The number of aromatic amines is 1. The smallest absolute Gasteiger partial charge is 0.317 e. The maximum atomic E-state index is 12.8. The number of fused-ring (bicyclic) bond motifs is 1. The molecule has 0 bridgehead atoms. The van der Waals surface area contributed by atoms with Gasteiger partial charge >= 0.3 is 6.03 Å². The number of halogens is 1. The molecule has 3 N–H and O–H groups in total. The van der Waals surface area contributed by atoms with E-state index in [4.69, 9.17) is 11.6 Å². The van der Waals surface area contributed by atoms with Gasteiger partial charge in [0.1, 0.15) is 5.56 Å². The minimum Gasteiger partial charge on any atom is -0.338 e. The van der Waals surface area contributed by atoms with Gasteiger partial charge in [0.25, 0.3) is 11.5 Å². The first-order chi connectivity index (χ1) is 14.5. The van der Waals surface area contributed by atoms with E-state index in [1.54, 1.807) is 29.2 Å². The summed E-state index contributed by atoms with van der Waals surface area (Å²) in [6, 6.07) is 8.06. The van der Waals surface area contributed by atoms with Crippen LogP contribution in [0.5, 0.6) is 0 Å². The lowest BCUT2D eigenvalue weighted by atomic mass is 10.0. The maximum Gasteiger partial charge on any atom is 0.317 e. The summed E-state index contributed by atoms with van der Waals surface area (Å²) in [7, 11) is 0. The average Bonchev–Trinajstić information content (AvgIpc) is 3.37. The average molecular weight is 429 g/mol. The molecule has 30 heavy (non-hydrogen) atoms. The Balaban J connectivity index is 1.60. The predicted molar refractivity (Wildman–Crippen MR) is 113 cm³/mol. The molecule has 1 aliphatic rings. The van der Waals surface area contributed by atoms with Gasteiger partial charge in [0.05, 0.1) is 5.69 Å². The van der Waals surface area contributed by atoms with Crippen LogP contribution < -0.4 is 16.2 Å². The highest BCUT2D eigenvalue weighted by Gasteiger charge is 2.29. The second-order valence-electron chi connectivity index (χ2n) is 7.09. The molecule has 0 spiro atoms. The summed E-state index contributed by atoms with van der Waals surface area (Å²) in [5, 5.41) is 8.90. The van der Waals surface area contributed by atoms with Crippen LogP contribution in [0.3, 0.4) is 0 Å². The summed E-state index contributed by atoms with van der Waals surface area (Å²) in [5.74, 6) is -0.456. The Morgan fingerprint density at radius 3 is 2.80 bits per heavy atom. The van der Waals surface area contributed by atoms with Gasteiger partial charge in [0, 0.05) is 48.5 Å². The number of benzene rings is 1. The van der Waals surface area contributed by atoms with Gasteiger partial charge in [0.15, 0.2) is 5.65 Å². The highest BCUT2D eigenvalue weighted by atomic mass is 35.5. The SMILES string of the molecule is CCNC(=O)N1CC[C@H](c2cc(=O)n3[nH]cc(C(=O)Nc4ccc(Cl)cc4)c3n2)C1. The number of rotatable bonds is 4. The molecule has 1 atom stereocenters. The lowest BCUT2D eigenvalue weighted by Crippen LogP contribution is -2.38. The van der Waals surface area contributed by atoms with E-state index in [0.717, 1.165) is 0 Å². The van der Waals surface area contributed by atoms with Crippen molar-refractivity contribution in [3.05, 3.63) is 63.2 Å². The number of anilines is 1. The number of nitrogens with zero attached hydrogens (tertiary/aromatic N) is 3. The quantitative estimate of drug-likeness (QED) is 0.592. The van der Waals surface area contributed by atoms with Crippen molar-refractivity contribution in [2.75, 3.05) is 25.0 Å². The Bertz CT molecular complexity index is 1150. The number of aromatic nitrogens is 3. The van der Waals surface area contributed by atoms with Crippen molar-refractivity contribution in [2.45, 2.75) is 19.3 Å². The van der Waals surface area contributed by atoms with Crippen LogP contribution in [-0.2, 0) is 0 Å². The van der Waals surface area contributed by atoms with Crippen LogP contribution in [0, 0.1) is 0 Å². The normalized spacial score (nSPS) is 16.1. The summed E-state index contributed by atoms with van der Waals surface area (Å²) in [6.45, 7) is 3.49. The number of nitrogens with one attached hydrogen (secondary N) is 3. The van der Waals surface area contributed by atoms with E-state index in [9.17, 15) is 14.4 Å². The van der Waals surface area contributed by atoms with Crippen molar-refractivity contribution in [3.63, 3.8) is 0 Å². The molecule has 1 aromatic carbocycles. The number of carbonyl (C=O) groups is 2. The number of carbonyl (C=O) groups excluding carboxylic acids is 2. The van der Waals surface area contributed by atoms with Gasteiger partial charge in [0.2, 0.25) is 0 Å². The second-order valence-corrected chi connectivity index (χ2v) is 7.53. The molecule has 10 heteroatoms. The highest BCUT2D eigenvalue weighted by molar-refractivity contribution is 6.30. The monoisotopic (exact) mass is 428 g/mol. The van der Waals surface area contributed by atoms with Gasteiger partial charge in [-0.25, -0.2) is 14.3 Å². The molecular formula is C20H21ClN6O3. The molecule has 1 fully saturated rings. The summed E-state index contributed by atoms with van der Waals surface area (Å²) in [6.07, 6.45) is 2.16. The predicted octanol–water partition coefficient (Wildman–Crippen LogP) is 2.45. The van der Waals surface area contributed by atoms with Gasteiger partial charge < -0.3 is 15.5 Å². The molecule has 3 aromatic rings. The zero-order chi connectivity index (χ0) is 21.3. The number of hydrogen-bond donors (Lipinski definition) is 3. The van der Waals surface area contributed by atoms with Crippen LogP contribution in [0.25, 0.3) is 5.65 Å². The number of H-pyrrole nitrogens is 1. The van der Waals surface area contributed by atoms with Crippen molar-refractivity contribution >= 4 is 34.9 Å². The molecule has 1 aliphatic heterocycles. The van der Waals surface area contributed by atoms with Gasteiger partial charge in [-0.1, -0.05) is 11.6 Å². The van der Waals surface area contributed by atoms with Gasteiger partial charge in [-0.2, -0.15) is 0 Å². The van der Waals surface area contributed by atoms with E-state index in [2.05, 4.69) is 20.7 Å². The Hall–Kier alpha value is -3.33. The van der Waals surface area contributed by atoms with E-state index in [1.807, 2.05) is 6.92 Å². The molecule has 3 heterocycles. The minimum absolute atomic E-state index is 0.0626. The van der Waals surface area contributed by atoms with E-state index < -0.39 is 5.91 Å². The third-order valence-corrected chi connectivity index (χ3v) is 5.34. The molecule has 4 rings (SSSR count). The lowest BCUT2D eigenvalue weighted by molar-refractivity contribution is 0.102. The van der Waals surface area contributed by atoms with E-state index in [-0.39, 0.29) is 28.7 Å². The highest BCUT2D eigenvalue weighted by Crippen LogP contribution is 2.26. The molecule has 2 aromatic heterocycles. The fourth-order valence-corrected chi connectivity index (χ4v) is 3.68. The Labute approximate surface area is 177 Å². The van der Waals surface area contributed by atoms with Gasteiger partial charge in [-0.3, -0.25) is 14.7 Å². The number of amides is 3. The van der Waals surface area contributed by atoms with Crippen LogP contribution in [0.4, 0.5) is 10.5 Å². The first-order valence-corrected chi connectivity index (χ1v) is 10.0. The third-order valence-electron chi connectivity index (χ3n) is 5.09. The number of urea groups is 1. The Kier molecular flexibility index (Phi) is 5.45. The Morgan fingerprint density at radius 1 is 1.30 bits per heavy atom. The second kappa shape index (κ2) is 8.19. The fourth-order valence-electron chi connectivity index (χ4n) is 3.56. The molecule has 1 saturated heterocycles. The van der Waals surface area contributed by atoms with Crippen LogP contribution >= 0.6 is 11.6 Å². The van der Waals surface area contributed by atoms with Crippen molar-refractivity contribution in [2.24, 2.45) is 0 Å². The molecule has 0 unspecified atom stereocenters. The maximum absolute atomic E-state index is 12.8. The summed E-state index contributed by atoms with van der Waals surface area (Å²) < 4.78 is 1.23. The van der Waals surface area contributed by atoms with Crippen LogP contribution in [0.15, 0.2) is 41.3 Å². The van der Waals surface area contributed by atoms with Gasteiger partial charge in [-0.05, 0) is 37.6 Å².